The average Bonchev–Trinajstić information content (AvgIpc) is 2.91. The third kappa shape index (κ3) is 3.26. The molecule has 0 unspecified atom stereocenters. The fourth-order valence-electron chi connectivity index (χ4n) is 2.60. The molecule has 3 nitrogen and oxygen atoms in total. The molecule has 0 N–H and O–H groups in total. The van der Waals surface area contributed by atoms with Crippen LogP contribution in [0.2, 0.25) is 0 Å². The van der Waals surface area contributed by atoms with Crippen LogP contribution in [0, 0.1) is 12.7 Å². The number of halogens is 1. The Morgan fingerprint density at radius 2 is 1.96 bits per heavy atom. The first-order valence-corrected chi connectivity index (χ1v) is 7.48. The number of furan rings is 1. The minimum atomic E-state index is -0.295. The smallest absolute Gasteiger partial charge is 0.227 e. The number of hydrogen-bond donors (Lipinski definition) is 0. The first kappa shape index (κ1) is 15.3. The van der Waals surface area contributed by atoms with Gasteiger partial charge in [-0.1, -0.05) is 30.3 Å². The summed E-state index contributed by atoms with van der Waals surface area (Å²) >= 11 is 0. The lowest BCUT2D eigenvalue weighted by molar-refractivity contribution is -0.129. The number of amides is 1. The quantitative estimate of drug-likeness (QED) is 0.727. The summed E-state index contributed by atoms with van der Waals surface area (Å²) < 4.78 is 19.2. The van der Waals surface area contributed by atoms with E-state index in [1.54, 1.807) is 31.5 Å². The molecule has 0 radical (unpaired) electrons. The predicted molar refractivity (Wildman–Crippen MR) is 87.5 cm³/mol. The van der Waals surface area contributed by atoms with E-state index in [-0.39, 0.29) is 24.7 Å². The van der Waals surface area contributed by atoms with E-state index in [0.29, 0.717) is 5.56 Å². The lowest BCUT2D eigenvalue weighted by Crippen LogP contribution is -2.28. The van der Waals surface area contributed by atoms with Crippen molar-refractivity contribution in [2.24, 2.45) is 0 Å². The first-order chi connectivity index (χ1) is 11.0. The molecule has 1 aromatic heterocycles. The van der Waals surface area contributed by atoms with Crippen LogP contribution < -0.4 is 0 Å². The first-order valence-electron chi connectivity index (χ1n) is 7.48. The zero-order valence-electron chi connectivity index (χ0n) is 13.2. The van der Waals surface area contributed by atoms with E-state index in [1.165, 1.54) is 11.0 Å². The summed E-state index contributed by atoms with van der Waals surface area (Å²) in [6, 6.07) is 12.4. The Hall–Kier alpha value is -2.62. The third-order valence-corrected chi connectivity index (χ3v) is 3.94. The summed E-state index contributed by atoms with van der Waals surface area (Å²) in [7, 11) is 1.68. The SMILES string of the molecule is Cc1ccc2c(CC(=O)N(C)Cc3ccccc3F)coc2c1. The highest BCUT2D eigenvalue weighted by Crippen LogP contribution is 2.23. The number of hydrogen-bond acceptors (Lipinski definition) is 2. The monoisotopic (exact) mass is 311 g/mol. The van der Waals surface area contributed by atoms with Crippen molar-refractivity contribution < 1.29 is 13.6 Å². The molecule has 0 spiro atoms. The van der Waals surface area contributed by atoms with Gasteiger partial charge in [0.05, 0.1) is 12.7 Å². The molecule has 4 heteroatoms. The van der Waals surface area contributed by atoms with Crippen LogP contribution in [0.3, 0.4) is 0 Å². The second-order valence-electron chi connectivity index (χ2n) is 5.78. The Balaban J connectivity index is 1.74. The molecule has 0 aliphatic carbocycles. The second kappa shape index (κ2) is 6.24. The van der Waals surface area contributed by atoms with Gasteiger partial charge in [0, 0.05) is 30.1 Å². The maximum absolute atomic E-state index is 13.7. The maximum atomic E-state index is 13.7. The van der Waals surface area contributed by atoms with Crippen molar-refractivity contribution in [2.75, 3.05) is 7.05 Å². The van der Waals surface area contributed by atoms with E-state index in [1.807, 2.05) is 25.1 Å². The van der Waals surface area contributed by atoms with Crippen LogP contribution in [0.5, 0.6) is 0 Å². The largest absolute Gasteiger partial charge is 0.464 e. The fraction of sp³-hybridized carbons (Fsp3) is 0.211. The van der Waals surface area contributed by atoms with Crippen molar-refractivity contribution in [1.29, 1.82) is 0 Å². The number of rotatable bonds is 4. The van der Waals surface area contributed by atoms with E-state index in [9.17, 15) is 9.18 Å². The number of benzene rings is 2. The maximum Gasteiger partial charge on any atom is 0.227 e. The van der Waals surface area contributed by atoms with Crippen LogP contribution in [-0.2, 0) is 17.8 Å². The lowest BCUT2D eigenvalue weighted by Gasteiger charge is -2.17. The van der Waals surface area contributed by atoms with Gasteiger partial charge in [0.1, 0.15) is 11.4 Å². The van der Waals surface area contributed by atoms with Gasteiger partial charge in [0.25, 0.3) is 0 Å². The van der Waals surface area contributed by atoms with Gasteiger partial charge in [-0.15, -0.1) is 0 Å². The molecule has 2 aromatic carbocycles. The molecule has 0 aliphatic rings. The Morgan fingerprint density at radius 1 is 1.17 bits per heavy atom. The molecule has 0 saturated carbocycles. The van der Waals surface area contributed by atoms with Crippen molar-refractivity contribution in [3.63, 3.8) is 0 Å². The highest BCUT2D eigenvalue weighted by atomic mass is 19.1. The number of carbonyl (C=O) groups excluding carboxylic acids is 1. The van der Waals surface area contributed by atoms with Gasteiger partial charge >= 0.3 is 0 Å². The van der Waals surface area contributed by atoms with Gasteiger partial charge in [-0.2, -0.15) is 0 Å². The predicted octanol–water partition coefficient (Wildman–Crippen LogP) is 4.08. The standard InChI is InChI=1S/C19H18FNO2/c1-13-7-8-16-15(12-23-18(16)9-13)10-19(22)21(2)11-14-5-3-4-6-17(14)20/h3-9,12H,10-11H2,1-2H3. The van der Waals surface area contributed by atoms with Crippen molar-refractivity contribution in [3.05, 3.63) is 71.2 Å². The van der Waals surface area contributed by atoms with E-state index in [0.717, 1.165) is 22.1 Å². The van der Waals surface area contributed by atoms with Crippen LogP contribution in [0.15, 0.2) is 53.1 Å². The summed E-state index contributed by atoms with van der Waals surface area (Å²) in [5.41, 5.74) is 3.26. The summed E-state index contributed by atoms with van der Waals surface area (Å²) in [4.78, 5) is 13.9. The zero-order chi connectivity index (χ0) is 16.4. The van der Waals surface area contributed by atoms with Crippen molar-refractivity contribution in [3.8, 4) is 0 Å². The second-order valence-corrected chi connectivity index (χ2v) is 5.78. The summed E-state index contributed by atoms with van der Waals surface area (Å²) in [5.74, 6) is -0.368. The minimum absolute atomic E-state index is 0.0727. The molecule has 0 fully saturated rings. The molecule has 0 bridgehead atoms. The molecule has 3 aromatic rings. The molecular formula is C19H18FNO2. The molecule has 1 amide bonds. The average molecular weight is 311 g/mol. The molecular weight excluding hydrogens is 293 g/mol. The highest BCUT2D eigenvalue weighted by molar-refractivity contribution is 5.87. The van der Waals surface area contributed by atoms with Gasteiger partial charge in [0.2, 0.25) is 5.91 Å². The number of nitrogens with zero attached hydrogens (tertiary/aromatic N) is 1. The Labute approximate surface area is 134 Å². The molecule has 0 saturated heterocycles. The summed E-state index contributed by atoms with van der Waals surface area (Å²) in [6.07, 6.45) is 1.86. The summed E-state index contributed by atoms with van der Waals surface area (Å²) in [6.45, 7) is 2.25. The number of carbonyl (C=O) groups is 1. The number of fused-ring (bicyclic) bond motifs is 1. The van der Waals surface area contributed by atoms with Crippen molar-refractivity contribution in [2.45, 2.75) is 19.9 Å². The third-order valence-electron chi connectivity index (χ3n) is 3.94. The van der Waals surface area contributed by atoms with Gasteiger partial charge in [-0.3, -0.25) is 4.79 Å². The molecule has 118 valence electrons. The van der Waals surface area contributed by atoms with E-state index >= 15 is 0 Å². The number of likely N-dealkylation sites (N-methyl/N-ethyl adjacent to an activating group) is 1. The minimum Gasteiger partial charge on any atom is -0.464 e. The van der Waals surface area contributed by atoms with Crippen LogP contribution in [-0.4, -0.2) is 17.9 Å². The normalized spacial score (nSPS) is 10.9. The van der Waals surface area contributed by atoms with Gasteiger partial charge in [-0.05, 0) is 24.6 Å². The van der Waals surface area contributed by atoms with Gasteiger partial charge in [0.15, 0.2) is 0 Å². The number of aryl methyl sites for hydroxylation is 1. The van der Waals surface area contributed by atoms with E-state index in [4.69, 9.17) is 4.42 Å². The summed E-state index contributed by atoms with van der Waals surface area (Å²) in [5, 5.41) is 0.947. The van der Waals surface area contributed by atoms with Gasteiger partial charge in [-0.25, -0.2) is 4.39 Å². The molecule has 3 rings (SSSR count). The van der Waals surface area contributed by atoms with Crippen molar-refractivity contribution in [1.82, 2.24) is 4.90 Å². The zero-order valence-corrected chi connectivity index (χ0v) is 13.2. The Kier molecular flexibility index (Phi) is 4.15. The molecule has 0 atom stereocenters. The Bertz CT molecular complexity index is 853. The van der Waals surface area contributed by atoms with Crippen LogP contribution in [0.4, 0.5) is 4.39 Å². The van der Waals surface area contributed by atoms with Crippen LogP contribution in [0.1, 0.15) is 16.7 Å². The topological polar surface area (TPSA) is 33.5 Å². The van der Waals surface area contributed by atoms with Crippen LogP contribution in [0.25, 0.3) is 11.0 Å². The van der Waals surface area contributed by atoms with Crippen molar-refractivity contribution >= 4 is 16.9 Å². The molecule has 0 aliphatic heterocycles. The van der Waals surface area contributed by atoms with Crippen LogP contribution >= 0.6 is 0 Å². The Morgan fingerprint density at radius 3 is 2.74 bits per heavy atom. The molecule has 1 heterocycles. The van der Waals surface area contributed by atoms with Gasteiger partial charge < -0.3 is 9.32 Å². The lowest BCUT2D eigenvalue weighted by atomic mass is 10.1. The molecule has 23 heavy (non-hydrogen) atoms. The van der Waals surface area contributed by atoms with E-state index < -0.39 is 0 Å². The fourth-order valence-corrected chi connectivity index (χ4v) is 2.60. The highest BCUT2D eigenvalue weighted by Gasteiger charge is 2.15. The van der Waals surface area contributed by atoms with E-state index in [2.05, 4.69) is 0 Å².